The molecule has 0 aromatic carbocycles. The highest BCUT2D eigenvalue weighted by Crippen LogP contribution is 2.39. The standard InChI is InChI=1S/C21H26N8O/c1-30-20-12-19(22-13-23-20)28(15-4-5-15)16-8-10-27(11-9-16)18-7-6-17-24-25-21(14-2-3-14)29(17)26-18/h6-7,12-16H,2-5,8-11H2,1H3. The summed E-state index contributed by atoms with van der Waals surface area (Å²) < 4.78 is 7.27. The quantitative estimate of drug-likeness (QED) is 0.617. The molecule has 2 aliphatic carbocycles. The number of rotatable bonds is 6. The summed E-state index contributed by atoms with van der Waals surface area (Å²) >= 11 is 0. The van der Waals surface area contributed by atoms with Gasteiger partial charge in [-0.2, -0.15) is 4.52 Å². The molecule has 3 aromatic heterocycles. The fourth-order valence-corrected chi connectivity index (χ4v) is 4.54. The number of fused-ring (bicyclic) bond motifs is 1. The summed E-state index contributed by atoms with van der Waals surface area (Å²) in [5.74, 6) is 4.18. The minimum absolute atomic E-state index is 0.481. The number of piperidine rings is 1. The van der Waals surface area contributed by atoms with E-state index in [-0.39, 0.29) is 0 Å². The van der Waals surface area contributed by atoms with Crippen LogP contribution in [0.4, 0.5) is 11.6 Å². The van der Waals surface area contributed by atoms with Crippen LogP contribution in [0.3, 0.4) is 0 Å². The number of nitrogens with zero attached hydrogens (tertiary/aromatic N) is 8. The van der Waals surface area contributed by atoms with Crippen molar-refractivity contribution in [2.45, 2.75) is 56.5 Å². The number of hydrogen-bond donors (Lipinski definition) is 0. The minimum Gasteiger partial charge on any atom is -0.481 e. The van der Waals surface area contributed by atoms with Crippen LogP contribution < -0.4 is 14.5 Å². The molecule has 9 heteroatoms. The molecule has 1 aliphatic heterocycles. The smallest absolute Gasteiger partial charge is 0.218 e. The van der Waals surface area contributed by atoms with E-state index in [1.54, 1.807) is 13.4 Å². The Kier molecular flexibility index (Phi) is 4.21. The topological polar surface area (TPSA) is 84.6 Å². The summed E-state index contributed by atoms with van der Waals surface area (Å²) in [6.07, 6.45) is 8.64. The van der Waals surface area contributed by atoms with E-state index >= 15 is 0 Å². The van der Waals surface area contributed by atoms with E-state index in [9.17, 15) is 0 Å². The molecule has 0 atom stereocenters. The normalized spacial score (nSPS) is 20.0. The lowest BCUT2D eigenvalue weighted by Gasteiger charge is -2.39. The Morgan fingerprint density at radius 2 is 1.77 bits per heavy atom. The molecular weight excluding hydrogens is 380 g/mol. The molecule has 0 amide bonds. The summed E-state index contributed by atoms with van der Waals surface area (Å²) in [5.41, 5.74) is 0.841. The van der Waals surface area contributed by atoms with Crippen molar-refractivity contribution in [3.05, 3.63) is 30.4 Å². The van der Waals surface area contributed by atoms with Crippen LogP contribution in [0.15, 0.2) is 24.5 Å². The second kappa shape index (κ2) is 7.07. The highest BCUT2D eigenvalue weighted by Gasteiger charge is 2.37. The van der Waals surface area contributed by atoms with Gasteiger partial charge < -0.3 is 14.5 Å². The van der Waals surface area contributed by atoms with E-state index < -0.39 is 0 Å². The highest BCUT2D eigenvalue weighted by atomic mass is 16.5. The molecule has 3 fully saturated rings. The molecule has 0 N–H and O–H groups in total. The molecule has 6 rings (SSSR count). The molecule has 0 spiro atoms. The van der Waals surface area contributed by atoms with Gasteiger partial charge in [0.2, 0.25) is 5.88 Å². The zero-order chi connectivity index (χ0) is 20.1. The van der Waals surface area contributed by atoms with Crippen molar-refractivity contribution in [1.29, 1.82) is 0 Å². The molecule has 0 unspecified atom stereocenters. The van der Waals surface area contributed by atoms with Crippen LogP contribution in [0.5, 0.6) is 5.88 Å². The molecule has 0 radical (unpaired) electrons. The molecule has 0 bridgehead atoms. The molecule has 2 saturated carbocycles. The fourth-order valence-electron chi connectivity index (χ4n) is 4.54. The maximum atomic E-state index is 5.32. The Hall–Kier alpha value is -2.97. The van der Waals surface area contributed by atoms with Gasteiger partial charge in [-0.15, -0.1) is 15.3 Å². The summed E-state index contributed by atoms with van der Waals surface area (Å²) in [4.78, 5) is 13.6. The predicted octanol–water partition coefficient (Wildman–Crippen LogP) is 2.44. The summed E-state index contributed by atoms with van der Waals surface area (Å²) in [5, 5.41) is 13.5. The number of ether oxygens (including phenoxy) is 1. The molecule has 3 aromatic rings. The predicted molar refractivity (Wildman–Crippen MR) is 112 cm³/mol. The Labute approximate surface area is 175 Å². The van der Waals surface area contributed by atoms with Gasteiger partial charge in [0, 0.05) is 37.2 Å². The van der Waals surface area contributed by atoms with E-state index in [0.717, 1.165) is 49.0 Å². The maximum absolute atomic E-state index is 5.32. The SMILES string of the molecule is COc1cc(N(C2CC2)C2CCN(c3ccc4nnc(C5CC5)n4n3)CC2)ncn1. The van der Waals surface area contributed by atoms with Gasteiger partial charge in [0.1, 0.15) is 18.0 Å². The average Bonchev–Trinajstić information content (AvgIpc) is 3.73. The van der Waals surface area contributed by atoms with Gasteiger partial charge in [-0.3, -0.25) is 0 Å². The average molecular weight is 406 g/mol. The first-order valence-electron chi connectivity index (χ1n) is 10.9. The largest absolute Gasteiger partial charge is 0.481 e. The number of hydrogen-bond acceptors (Lipinski definition) is 8. The van der Waals surface area contributed by atoms with E-state index in [1.165, 1.54) is 25.7 Å². The van der Waals surface area contributed by atoms with Crippen molar-refractivity contribution in [2.24, 2.45) is 0 Å². The Bertz CT molecular complexity index is 1050. The van der Waals surface area contributed by atoms with Gasteiger partial charge in [-0.25, -0.2) is 9.97 Å². The molecular formula is C21H26N8O. The first kappa shape index (κ1) is 17.9. The van der Waals surface area contributed by atoms with Crippen molar-refractivity contribution >= 4 is 17.3 Å². The Balaban J connectivity index is 1.20. The monoisotopic (exact) mass is 406 g/mol. The summed E-state index contributed by atoms with van der Waals surface area (Å²) in [7, 11) is 1.65. The van der Waals surface area contributed by atoms with Gasteiger partial charge in [0.25, 0.3) is 0 Å². The van der Waals surface area contributed by atoms with Crippen LogP contribution in [-0.4, -0.2) is 62.1 Å². The van der Waals surface area contributed by atoms with E-state index in [0.29, 0.717) is 23.9 Å². The molecule has 4 heterocycles. The second-order valence-corrected chi connectivity index (χ2v) is 8.57. The third-order valence-electron chi connectivity index (χ3n) is 6.44. The van der Waals surface area contributed by atoms with E-state index in [2.05, 4.69) is 36.0 Å². The number of aromatic nitrogens is 6. The molecule has 3 aliphatic rings. The van der Waals surface area contributed by atoms with Gasteiger partial charge in [0.05, 0.1) is 7.11 Å². The maximum Gasteiger partial charge on any atom is 0.218 e. The number of methoxy groups -OCH3 is 1. The zero-order valence-electron chi connectivity index (χ0n) is 17.2. The van der Waals surface area contributed by atoms with E-state index in [4.69, 9.17) is 9.84 Å². The minimum atomic E-state index is 0.481. The van der Waals surface area contributed by atoms with Crippen molar-refractivity contribution in [3.63, 3.8) is 0 Å². The Morgan fingerprint density at radius 3 is 2.50 bits per heavy atom. The van der Waals surface area contributed by atoms with Crippen molar-refractivity contribution in [1.82, 2.24) is 29.8 Å². The third kappa shape index (κ3) is 3.22. The van der Waals surface area contributed by atoms with Gasteiger partial charge in [-0.1, -0.05) is 0 Å². The lowest BCUT2D eigenvalue weighted by molar-refractivity contribution is 0.395. The van der Waals surface area contributed by atoms with Gasteiger partial charge in [0.15, 0.2) is 11.5 Å². The van der Waals surface area contributed by atoms with E-state index in [1.807, 2.05) is 16.6 Å². The van der Waals surface area contributed by atoms with Crippen molar-refractivity contribution < 1.29 is 4.74 Å². The zero-order valence-corrected chi connectivity index (χ0v) is 17.2. The third-order valence-corrected chi connectivity index (χ3v) is 6.44. The molecule has 9 nitrogen and oxygen atoms in total. The molecule has 1 saturated heterocycles. The molecule has 30 heavy (non-hydrogen) atoms. The molecule has 156 valence electrons. The highest BCUT2D eigenvalue weighted by molar-refractivity contribution is 5.48. The first-order valence-corrected chi connectivity index (χ1v) is 10.9. The second-order valence-electron chi connectivity index (χ2n) is 8.57. The first-order chi connectivity index (χ1) is 14.8. The number of anilines is 2. The Morgan fingerprint density at radius 1 is 0.967 bits per heavy atom. The lowest BCUT2D eigenvalue weighted by Crippen LogP contribution is -2.46. The fraction of sp³-hybridized carbons (Fsp3) is 0.571. The summed E-state index contributed by atoms with van der Waals surface area (Å²) in [6.45, 7) is 1.96. The van der Waals surface area contributed by atoms with Crippen LogP contribution in [0.25, 0.3) is 5.65 Å². The van der Waals surface area contributed by atoms with Gasteiger partial charge in [-0.05, 0) is 50.7 Å². The van der Waals surface area contributed by atoms with Crippen LogP contribution in [-0.2, 0) is 0 Å². The van der Waals surface area contributed by atoms with Crippen LogP contribution >= 0.6 is 0 Å². The van der Waals surface area contributed by atoms with Crippen LogP contribution in [0.1, 0.15) is 50.3 Å². The lowest BCUT2D eigenvalue weighted by atomic mass is 10.0. The van der Waals surface area contributed by atoms with Gasteiger partial charge >= 0.3 is 0 Å². The van der Waals surface area contributed by atoms with Crippen molar-refractivity contribution in [3.8, 4) is 5.88 Å². The van der Waals surface area contributed by atoms with Crippen molar-refractivity contribution in [2.75, 3.05) is 30.0 Å². The summed E-state index contributed by atoms with van der Waals surface area (Å²) in [6, 6.07) is 7.15. The van der Waals surface area contributed by atoms with Crippen LogP contribution in [0, 0.1) is 0 Å². The van der Waals surface area contributed by atoms with Crippen LogP contribution in [0.2, 0.25) is 0 Å².